The first-order chi connectivity index (χ1) is 21.6. The molecule has 6 aromatic carbocycles. The maximum absolute atomic E-state index is 9.74. The van der Waals surface area contributed by atoms with E-state index in [-0.39, 0.29) is 0 Å². The maximum atomic E-state index is 9.74. The van der Waals surface area contributed by atoms with Gasteiger partial charge in [-0.3, -0.25) is 0 Å². The van der Waals surface area contributed by atoms with Crippen molar-refractivity contribution >= 4 is 43.6 Å². The van der Waals surface area contributed by atoms with Crippen molar-refractivity contribution < 1.29 is 0 Å². The van der Waals surface area contributed by atoms with Gasteiger partial charge in [-0.1, -0.05) is 36.4 Å². The lowest BCUT2D eigenvalue weighted by atomic mass is 9.93. The predicted molar refractivity (Wildman–Crippen MR) is 179 cm³/mol. The van der Waals surface area contributed by atoms with Crippen LogP contribution in [0.4, 0.5) is 0 Å². The molecule has 4 heteroatoms. The Morgan fingerprint density at radius 1 is 0.432 bits per heavy atom. The summed E-state index contributed by atoms with van der Waals surface area (Å²) in [5, 5.41) is 23.8. The Balaban J connectivity index is 1.44. The molecule has 2 aromatic heterocycles. The zero-order valence-electron chi connectivity index (χ0n) is 24.3. The normalized spacial score (nSPS) is 11.4. The molecule has 44 heavy (non-hydrogen) atoms. The Bertz CT molecular complexity index is 2340. The minimum atomic E-state index is 0.645. The summed E-state index contributed by atoms with van der Waals surface area (Å²) < 4.78 is 4.57. The first kappa shape index (κ1) is 25.6. The maximum Gasteiger partial charge on any atom is 0.0991 e. The average Bonchev–Trinajstić information content (AvgIpc) is 3.55. The molecule has 8 aromatic rings. The van der Waals surface area contributed by atoms with E-state index in [0.717, 1.165) is 66.1 Å². The van der Waals surface area contributed by atoms with Crippen LogP contribution in [-0.4, -0.2) is 9.13 Å². The highest BCUT2D eigenvalue weighted by atomic mass is 15.0. The molecule has 8 rings (SSSR count). The fraction of sp³-hybridized carbons (Fsp3) is 0.0500. The van der Waals surface area contributed by atoms with Gasteiger partial charge in [0, 0.05) is 32.9 Å². The molecule has 0 unspecified atom stereocenters. The van der Waals surface area contributed by atoms with Crippen LogP contribution in [0.1, 0.15) is 22.3 Å². The van der Waals surface area contributed by atoms with Crippen molar-refractivity contribution in [2.45, 2.75) is 13.8 Å². The van der Waals surface area contributed by atoms with Crippen LogP contribution in [0.25, 0.3) is 66.1 Å². The van der Waals surface area contributed by atoms with Crippen LogP contribution in [0.15, 0.2) is 121 Å². The van der Waals surface area contributed by atoms with Crippen LogP contribution in [0.2, 0.25) is 0 Å². The molecule has 0 aliphatic rings. The molecule has 0 amide bonds. The zero-order chi connectivity index (χ0) is 29.9. The van der Waals surface area contributed by atoms with Gasteiger partial charge in [-0.25, -0.2) is 0 Å². The highest BCUT2D eigenvalue weighted by Crippen LogP contribution is 2.41. The molecular formula is C40H26N4. The number of hydrogen-bond acceptors (Lipinski definition) is 2. The van der Waals surface area contributed by atoms with E-state index in [4.69, 9.17) is 0 Å². The van der Waals surface area contributed by atoms with Gasteiger partial charge in [-0.2, -0.15) is 10.5 Å². The topological polar surface area (TPSA) is 57.4 Å². The number of nitrogens with zero attached hydrogens (tertiary/aromatic N) is 4. The summed E-state index contributed by atoms with van der Waals surface area (Å²) in [4.78, 5) is 0. The third-order valence-corrected chi connectivity index (χ3v) is 8.80. The first-order valence-corrected chi connectivity index (χ1v) is 14.6. The summed E-state index contributed by atoms with van der Waals surface area (Å²) in [7, 11) is 0. The summed E-state index contributed by atoms with van der Waals surface area (Å²) in [6.07, 6.45) is 0. The fourth-order valence-corrected chi connectivity index (χ4v) is 6.77. The van der Waals surface area contributed by atoms with E-state index in [1.165, 1.54) is 11.1 Å². The van der Waals surface area contributed by atoms with Crippen LogP contribution in [0, 0.1) is 36.5 Å². The third kappa shape index (κ3) is 3.76. The van der Waals surface area contributed by atoms with Crippen LogP contribution in [0.5, 0.6) is 0 Å². The Kier molecular flexibility index (Phi) is 5.66. The molecule has 0 aliphatic heterocycles. The molecule has 0 atom stereocenters. The molecule has 2 heterocycles. The lowest BCUT2D eigenvalue weighted by molar-refractivity contribution is 1.17. The van der Waals surface area contributed by atoms with E-state index in [0.29, 0.717) is 11.1 Å². The van der Waals surface area contributed by atoms with Crippen molar-refractivity contribution in [3.05, 3.63) is 144 Å². The van der Waals surface area contributed by atoms with Crippen LogP contribution < -0.4 is 0 Å². The molecule has 0 aliphatic carbocycles. The van der Waals surface area contributed by atoms with Crippen molar-refractivity contribution in [2.24, 2.45) is 0 Å². The highest BCUT2D eigenvalue weighted by molar-refractivity contribution is 6.13. The predicted octanol–water partition coefficient (Wildman–Crippen LogP) is 9.91. The number of aromatic nitrogens is 2. The van der Waals surface area contributed by atoms with E-state index in [1.807, 2.05) is 36.4 Å². The second-order valence-corrected chi connectivity index (χ2v) is 11.4. The summed E-state index contributed by atoms with van der Waals surface area (Å²) in [6, 6.07) is 46.4. The summed E-state index contributed by atoms with van der Waals surface area (Å²) in [6.45, 7) is 4.35. The van der Waals surface area contributed by atoms with Crippen molar-refractivity contribution in [3.8, 4) is 34.6 Å². The van der Waals surface area contributed by atoms with Gasteiger partial charge >= 0.3 is 0 Å². The summed E-state index contributed by atoms with van der Waals surface area (Å²) in [5.74, 6) is 0. The largest absolute Gasteiger partial charge is 0.309 e. The molecule has 0 fully saturated rings. The lowest BCUT2D eigenvalue weighted by Gasteiger charge is -2.14. The summed E-state index contributed by atoms with van der Waals surface area (Å²) >= 11 is 0. The van der Waals surface area contributed by atoms with Gasteiger partial charge in [0.2, 0.25) is 0 Å². The molecule has 0 saturated carbocycles. The van der Waals surface area contributed by atoms with E-state index in [2.05, 4.69) is 120 Å². The Hall–Kier alpha value is -6.10. The number of nitriles is 2. The minimum absolute atomic E-state index is 0.645. The van der Waals surface area contributed by atoms with E-state index in [1.54, 1.807) is 0 Å². The first-order valence-electron chi connectivity index (χ1n) is 14.6. The highest BCUT2D eigenvalue weighted by Gasteiger charge is 2.19. The van der Waals surface area contributed by atoms with Crippen molar-refractivity contribution in [1.82, 2.24) is 9.13 Å². The molecule has 4 nitrogen and oxygen atoms in total. The molecule has 0 saturated heterocycles. The Morgan fingerprint density at radius 3 is 1.20 bits per heavy atom. The van der Waals surface area contributed by atoms with Gasteiger partial charge in [-0.15, -0.1) is 0 Å². The molecule has 0 radical (unpaired) electrons. The second kappa shape index (κ2) is 9.73. The number of benzene rings is 6. The fourth-order valence-electron chi connectivity index (χ4n) is 6.77. The van der Waals surface area contributed by atoms with Crippen molar-refractivity contribution in [1.29, 1.82) is 10.5 Å². The van der Waals surface area contributed by atoms with Gasteiger partial charge in [-0.05, 0) is 121 Å². The summed E-state index contributed by atoms with van der Waals surface area (Å²) in [5.41, 5.74) is 12.5. The van der Waals surface area contributed by atoms with Gasteiger partial charge in [0.15, 0.2) is 0 Å². The standard InChI is InChI=1S/C40H26N4/c1-25-17-39-35(33-19-27(23-41)13-15-37(33)43(39)29-9-5-3-6-10-29)21-31(25)32-22-36-34-20-28(24-42)14-16-38(34)44(40(36)18-26(32)2)30-11-7-4-8-12-30/h3-22H,1-2H3. The molecule has 206 valence electrons. The minimum Gasteiger partial charge on any atom is -0.309 e. The zero-order valence-corrected chi connectivity index (χ0v) is 24.3. The van der Waals surface area contributed by atoms with Crippen molar-refractivity contribution in [3.63, 3.8) is 0 Å². The quantitative estimate of drug-likeness (QED) is 0.215. The Morgan fingerprint density at radius 2 is 0.818 bits per heavy atom. The van der Waals surface area contributed by atoms with Gasteiger partial charge in [0.1, 0.15) is 0 Å². The lowest BCUT2D eigenvalue weighted by Crippen LogP contribution is -1.95. The molecule has 0 N–H and O–H groups in total. The van der Waals surface area contributed by atoms with E-state index >= 15 is 0 Å². The second-order valence-electron chi connectivity index (χ2n) is 11.4. The van der Waals surface area contributed by atoms with Crippen molar-refractivity contribution in [2.75, 3.05) is 0 Å². The SMILES string of the molecule is Cc1cc2c(cc1-c1cc3c4cc(C#N)ccc4n(-c4ccccc4)c3cc1C)c1cc(C#N)ccc1n2-c1ccccc1. The van der Waals surface area contributed by atoms with Crippen LogP contribution >= 0.6 is 0 Å². The average molecular weight is 563 g/mol. The Labute approximate surface area is 254 Å². The number of hydrogen-bond donors (Lipinski definition) is 0. The number of fused-ring (bicyclic) bond motifs is 6. The van der Waals surface area contributed by atoms with Crippen LogP contribution in [-0.2, 0) is 0 Å². The third-order valence-electron chi connectivity index (χ3n) is 8.80. The molecular weight excluding hydrogens is 536 g/mol. The smallest absolute Gasteiger partial charge is 0.0991 e. The molecule has 0 bridgehead atoms. The molecule has 0 spiro atoms. The number of rotatable bonds is 3. The number of aryl methyl sites for hydroxylation is 2. The van der Waals surface area contributed by atoms with Crippen LogP contribution in [0.3, 0.4) is 0 Å². The van der Waals surface area contributed by atoms with E-state index in [9.17, 15) is 10.5 Å². The van der Waals surface area contributed by atoms with Gasteiger partial charge in [0.25, 0.3) is 0 Å². The van der Waals surface area contributed by atoms with Gasteiger partial charge < -0.3 is 9.13 Å². The van der Waals surface area contributed by atoms with E-state index < -0.39 is 0 Å². The number of para-hydroxylation sites is 2. The van der Waals surface area contributed by atoms with Gasteiger partial charge in [0.05, 0.1) is 45.3 Å². The monoisotopic (exact) mass is 562 g/mol.